The first-order valence-electron chi connectivity index (χ1n) is 5.57. The highest BCUT2D eigenvalue weighted by atomic mass is 16.5. The first kappa shape index (κ1) is 11.1. The number of piperidine rings is 1. The van der Waals surface area contributed by atoms with E-state index in [1.165, 1.54) is 0 Å². The van der Waals surface area contributed by atoms with Crippen molar-refractivity contribution in [2.45, 2.75) is 19.4 Å². The van der Waals surface area contributed by atoms with E-state index >= 15 is 0 Å². The highest BCUT2D eigenvalue weighted by Crippen LogP contribution is 2.22. The summed E-state index contributed by atoms with van der Waals surface area (Å²) in [4.78, 5) is 10.6. The molecule has 0 saturated carbocycles. The van der Waals surface area contributed by atoms with Gasteiger partial charge in [0.25, 0.3) is 0 Å². The number of aromatic nitrogens is 2. The molecule has 88 valence electrons. The van der Waals surface area contributed by atoms with E-state index in [-0.39, 0.29) is 0 Å². The van der Waals surface area contributed by atoms with E-state index in [0.717, 1.165) is 25.5 Å². The zero-order chi connectivity index (χ0) is 11.5. The van der Waals surface area contributed by atoms with Crippen LogP contribution in [0.3, 0.4) is 0 Å². The number of nitrogens with two attached hydrogens (primary N) is 1. The molecule has 1 aliphatic rings. The molecule has 1 fully saturated rings. The minimum absolute atomic E-state index is 0.345. The topological polar surface area (TPSA) is 64.3 Å². The van der Waals surface area contributed by atoms with Crippen molar-refractivity contribution in [1.82, 2.24) is 9.97 Å². The van der Waals surface area contributed by atoms with Crippen molar-refractivity contribution in [3.8, 4) is 0 Å². The molecular weight excluding hydrogens is 204 g/mol. The van der Waals surface area contributed by atoms with Crippen molar-refractivity contribution in [2.75, 3.05) is 30.8 Å². The first-order chi connectivity index (χ1) is 7.70. The molecule has 1 aromatic rings. The van der Waals surface area contributed by atoms with Crippen LogP contribution in [0.5, 0.6) is 0 Å². The average Bonchev–Trinajstić information content (AvgIpc) is 2.29. The van der Waals surface area contributed by atoms with Gasteiger partial charge in [-0.05, 0) is 18.4 Å². The van der Waals surface area contributed by atoms with Crippen LogP contribution in [0, 0.1) is 5.92 Å². The van der Waals surface area contributed by atoms with Crippen LogP contribution in [0.1, 0.15) is 13.3 Å². The molecule has 0 radical (unpaired) electrons. The maximum Gasteiger partial charge on any atom is 0.227 e. The Bertz CT molecular complexity index is 358. The van der Waals surface area contributed by atoms with Crippen molar-refractivity contribution in [3.05, 3.63) is 12.3 Å². The van der Waals surface area contributed by atoms with Crippen molar-refractivity contribution in [2.24, 2.45) is 5.92 Å². The SMILES string of the molecule is CO[C@@H]1CCN(c2nccc(N)n2)C[C@@H]1C. The summed E-state index contributed by atoms with van der Waals surface area (Å²) in [6.07, 6.45) is 3.05. The third kappa shape index (κ3) is 2.24. The monoisotopic (exact) mass is 222 g/mol. The predicted molar refractivity (Wildman–Crippen MR) is 63.2 cm³/mol. The molecule has 0 aliphatic carbocycles. The number of methoxy groups -OCH3 is 1. The molecule has 2 heterocycles. The largest absolute Gasteiger partial charge is 0.384 e. The van der Waals surface area contributed by atoms with Crippen LogP contribution < -0.4 is 10.6 Å². The van der Waals surface area contributed by atoms with Gasteiger partial charge in [0, 0.05) is 26.4 Å². The van der Waals surface area contributed by atoms with Crippen LogP contribution in [0.2, 0.25) is 0 Å². The van der Waals surface area contributed by atoms with Gasteiger partial charge < -0.3 is 15.4 Å². The summed E-state index contributed by atoms with van der Waals surface area (Å²) in [5.41, 5.74) is 5.65. The van der Waals surface area contributed by atoms with Crippen molar-refractivity contribution in [1.29, 1.82) is 0 Å². The molecule has 5 heteroatoms. The number of ether oxygens (including phenoxy) is 1. The van der Waals surface area contributed by atoms with Gasteiger partial charge in [0.05, 0.1) is 6.10 Å². The van der Waals surface area contributed by atoms with E-state index in [1.54, 1.807) is 19.4 Å². The molecular formula is C11H18N4O. The summed E-state index contributed by atoms with van der Waals surface area (Å²) < 4.78 is 5.42. The fraction of sp³-hybridized carbons (Fsp3) is 0.636. The van der Waals surface area contributed by atoms with Crippen molar-refractivity contribution in [3.63, 3.8) is 0 Å². The summed E-state index contributed by atoms with van der Waals surface area (Å²) in [5.74, 6) is 1.73. The van der Waals surface area contributed by atoms with Crippen molar-refractivity contribution >= 4 is 11.8 Å². The molecule has 1 saturated heterocycles. The van der Waals surface area contributed by atoms with Gasteiger partial charge in [-0.2, -0.15) is 4.98 Å². The molecule has 16 heavy (non-hydrogen) atoms. The molecule has 0 unspecified atom stereocenters. The lowest BCUT2D eigenvalue weighted by molar-refractivity contribution is 0.0442. The Hall–Kier alpha value is -1.36. The normalized spacial score (nSPS) is 25.8. The van der Waals surface area contributed by atoms with E-state index in [1.807, 2.05) is 0 Å². The van der Waals surface area contributed by atoms with Crippen LogP contribution in [0.4, 0.5) is 11.8 Å². The second-order valence-corrected chi connectivity index (χ2v) is 4.27. The average molecular weight is 222 g/mol. The Morgan fingerprint density at radius 1 is 1.56 bits per heavy atom. The molecule has 1 aromatic heterocycles. The van der Waals surface area contributed by atoms with Gasteiger partial charge in [0.15, 0.2) is 0 Å². The number of nitrogen functional groups attached to an aromatic ring is 1. The molecule has 2 atom stereocenters. The molecule has 2 rings (SSSR count). The van der Waals surface area contributed by atoms with Gasteiger partial charge in [-0.1, -0.05) is 6.92 Å². The lowest BCUT2D eigenvalue weighted by atomic mass is 9.97. The zero-order valence-electron chi connectivity index (χ0n) is 9.76. The lowest BCUT2D eigenvalue weighted by Crippen LogP contribution is -2.43. The van der Waals surface area contributed by atoms with E-state index in [4.69, 9.17) is 10.5 Å². The summed E-state index contributed by atoms with van der Waals surface area (Å²) in [5, 5.41) is 0. The number of rotatable bonds is 2. The standard InChI is InChI=1S/C11H18N4O/c1-8-7-15(6-4-9(8)16-2)11-13-5-3-10(12)14-11/h3,5,8-9H,4,6-7H2,1-2H3,(H2,12,13,14)/t8-,9+/m0/s1. The molecule has 0 spiro atoms. The van der Waals surface area contributed by atoms with E-state index < -0.39 is 0 Å². The van der Waals surface area contributed by atoms with E-state index in [2.05, 4.69) is 21.8 Å². The van der Waals surface area contributed by atoms with Crippen LogP contribution in [0.15, 0.2) is 12.3 Å². The quantitative estimate of drug-likeness (QED) is 0.806. The Labute approximate surface area is 95.6 Å². The summed E-state index contributed by atoms with van der Waals surface area (Å²) in [6.45, 7) is 4.03. The van der Waals surface area contributed by atoms with Gasteiger partial charge in [0.1, 0.15) is 5.82 Å². The summed E-state index contributed by atoms with van der Waals surface area (Å²) >= 11 is 0. The van der Waals surface area contributed by atoms with Gasteiger partial charge in [-0.15, -0.1) is 0 Å². The number of nitrogens with zero attached hydrogens (tertiary/aromatic N) is 3. The molecule has 1 aliphatic heterocycles. The van der Waals surface area contributed by atoms with Gasteiger partial charge in [0.2, 0.25) is 5.95 Å². The molecule has 0 amide bonds. The number of hydrogen-bond acceptors (Lipinski definition) is 5. The van der Waals surface area contributed by atoms with Crippen LogP contribution in [-0.2, 0) is 4.74 Å². The van der Waals surface area contributed by atoms with Crippen LogP contribution >= 0.6 is 0 Å². The number of hydrogen-bond donors (Lipinski definition) is 1. The maximum atomic E-state index is 5.65. The summed E-state index contributed by atoms with van der Waals surface area (Å²) in [7, 11) is 1.77. The second-order valence-electron chi connectivity index (χ2n) is 4.27. The Morgan fingerprint density at radius 3 is 3.00 bits per heavy atom. The minimum Gasteiger partial charge on any atom is -0.384 e. The first-order valence-corrected chi connectivity index (χ1v) is 5.57. The Kier molecular flexibility index (Phi) is 3.24. The van der Waals surface area contributed by atoms with Gasteiger partial charge in [-0.3, -0.25) is 0 Å². The smallest absolute Gasteiger partial charge is 0.227 e. The fourth-order valence-corrected chi connectivity index (χ4v) is 2.17. The Morgan fingerprint density at radius 2 is 2.38 bits per heavy atom. The zero-order valence-corrected chi connectivity index (χ0v) is 9.76. The van der Waals surface area contributed by atoms with Gasteiger partial charge >= 0.3 is 0 Å². The highest BCUT2D eigenvalue weighted by molar-refractivity contribution is 5.38. The van der Waals surface area contributed by atoms with Crippen molar-refractivity contribution < 1.29 is 4.74 Å². The third-order valence-electron chi connectivity index (χ3n) is 3.08. The second kappa shape index (κ2) is 4.65. The predicted octanol–water partition coefficient (Wildman–Crippen LogP) is 0.920. The fourth-order valence-electron chi connectivity index (χ4n) is 2.17. The van der Waals surface area contributed by atoms with Gasteiger partial charge in [-0.25, -0.2) is 4.98 Å². The molecule has 0 aromatic carbocycles. The molecule has 2 N–H and O–H groups in total. The van der Waals surface area contributed by atoms with Crippen LogP contribution in [-0.4, -0.2) is 36.3 Å². The minimum atomic E-state index is 0.345. The maximum absolute atomic E-state index is 5.65. The molecule has 0 bridgehead atoms. The van der Waals surface area contributed by atoms with E-state index in [0.29, 0.717) is 17.8 Å². The van der Waals surface area contributed by atoms with E-state index in [9.17, 15) is 0 Å². The lowest BCUT2D eigenvalue weighted by Gasteiger charge is -2.36. The molecule has 5 nitrogen and oxygen atoms in total. The highest BCUT2D eigenvalue weighted by Gasteiger charge is 2.27. The number of anilines is 2. The Balaban J connectivity index is 2.07. The third-order valence-corrected chi connectivity index (χ3v) is 3.08. The summed E-state index contributed by atoms with van der Waals surface area (Å²) in [6, 6.07) is 1.70. The van der Waals surface area contributed by atoms with Crippen LogP contribution in [0.25, 0.3) is 0 Å².